The highest BCUT2D eigenvalue weighted by molar-refractivity contribution is 5.69. The maximum atomic E-state index is 12.5. The Balaban J connectivity index is 1.21. The number of carbonyl (C=O) groups is 1. The van der Waals surface area contributed by atoms with Gasteiger partial charge in [0.1, 0.15) is 5.75 Å². The molecule has 2 aromatic carbocycles. The molecule has 0 radical (unpaired) electrons. The van der Waals surface area contributed by atoms with Gasteiger partial charge in [-0.3, -0.25) is 15.3 Å². The van der Waals surface area contributed by atoms with E-state index >= 15 is 0 Å². The number of benzene rings is 2. The second-order valence-electron chi connectivity index (χ2n) is 8.50. The number of hydrazine groups is 1. The minimum atomic E-state index is -0.443. The van der Waals surface area contributed by atoms with Crippen molar-refractivity contribution in [1.29, 1.82) is 0 Å². The Labute approximate surface area is 188 Å². The van der Waals surface area contributed by atoms with E-state index < -0.39 is 6.09 Å². The number of rotatable bonds is 5. The SMILES string of the molecule is O=C(NN1CCc2ccccc2C1)Oc1cccc(C2CCCN2Cc2ccncc2)c1. The van der Waals surface area contributed by atoms with E-state index in [1.807, 2.05) is 41.7 Å². The van der Waals surface area contributed by atoms with Crippen molar-refractivity contribution in [2.75, 3.05) is 13.1 Å². The molecule has 5 rings (SSSR count). The van der Waals surface area contributed by atoms with Crippen LogP contribution in [0.25, 0.3) is 0 Å². The first-order valence-corrected chi connectivity index (χ1v) is 11.3. The van der Waals surface area contributed by atoms with E-state index in [1.54, 1.807) is 0 Å². The lowest BCUT2D eigenvalue weighted by molar-refractivity contribution is 0.135. The Bertz CT molecular complexity index is 1070. The van der Waals surface area contributed by atoms with Gasteiger partial charge in [-0.15, -0.1) is 0 Å². The summed E-state index contributed by atoms with van der Waals surface area (Å²) in [5, 5.41) is 1.92. The average molecular weight is 429 g/mol. The van der Waals surface area contributed by atoms with E-state index in [2.05, 4.69) is 51.7 Å². The fourth-order valence-electron chi connectivity index (χ4n) is 4.75. The number of hydrogen-bond acceptors (Lipinski definition) is 5. The van der Waals surface area contributed by atoms with Gasteiger partial charge in [0.2, 0.25) is 0 Å². The second-order valence-corrected chi connectivity index (χ2v) is 8.50. The summed E-state index contributed by atoms with van der Waals surface area (Å²) in [5.74, 6) is 0.577. The van der Waals surface area contributed by atoms with Crippen LogP contribution in [0.1, 0.15) is 41.1 Å². The molecule has 0 aliphatic carbocycles. The highest BCUT2D eigenvalue weighted by Gasteiger charge is 2.26. The van der Waals surface area contributed by atoms with E-state index in [-0.39, 0.29) is 0 Å². The molecular weight excluding hydrogens is 400 g/mol. The Kier molecular flexibility index (Phi) is 6.14. The van der Waals surface area contributed by atoms with Gasteiger partial charge in [-0.25, -0.2) is 9.80 Å². The molecule has 0 spiro atoms. The van der Waals surface area contributed by atoms with Gasteiger partial charge < -0.3 is 4.74 Å². The first-order chi connectivity index (χ1) is 15.7. The molecule has 3 heterocycles. The van der Waals surface area contributed by atoms with Crippen LogP contribution in [0.3, 0.4) is 0 Å². The summed E-state index contributed by atoms with van der Waals surface area (Å²) in [6, 6.07) is 20.8. The molecule has 6 nitrogen and oxygen atoms in total. The molecule has 2 aliphatic heterocycles. The summed E-state index contributed by atoms with van der Waals surface area (Å²) in [6.45, 7) is 3.43. The number of hydrogen-bond donors (Lipinski definition) is 1. The van der Waals surface area contributed by atoms with Gasteiger partial charge >= 0.3 is 6.09 Å². The Morgan fingerprint density at radius 2 is 1.88 bits per heavy atom. The van der Waals surface area contributed by atoms with E-state index in [0.29, 0.717) is 18.3 Å². The first kappa shape index (κ1) is 20.7. The third-order valence-corrected chi connectivity index (χ3v) is 6.33. The van der Waals surface area contributed by atoms with Gasteiger partial charge in [-0.2, -0.15) is 0 Å². The molecule has 1 N–H and O–H groups in total. The van der Waals surface area contributed by atoms with Crippen molar-refractivity contribution in [3.05, 3.63) is 95.3 Å². The fraction of sp³-hybridized carbons (Fsp3) is 0.308. The third-order valence-electron chi connectivity index (χ3n) is 6.33. The number of fused-ring (bicyclic) bond motifs is 1. The molecule has 1 atom stereocenters. The molecule has 2 aliphatic rings. The van der Waals surface area contributed by atoms with Gasteiger partial charge in [0, 0.05) is 38.1 Å². The van der Waals surface area contributed by atoms with Crippen LogP contribution in [0.2, 0.25) is 0 Å². The largest absolute Gasteiger partial charge is 0.427 e. The van der Waals surface area contributed by atoms with Crippen LogP contribution in [0.5, 0.6) is 5.75 Å². The number of aromatic nitrogens is 1. The van der Waals surface area contributed by atoms with Gasteiger partial charge in [0.15, 0.2) is 0 Å². The van der Waals surface area contributed by atoms with Crippen molar-refractivity contribution in [2.24, 2.45) is 0 Å². The molecule has 164 valence electrons. The molecule has 0 bridgehead atoms. The lowest BCUT2D eigenvalue weighted by Crippen LogP contribution is -2.46. The number of nitrogens with zero attached hydrogens (tertiary/aromatic N) is 3. The van der Waals surface area contributed by atoms with Gasteiger partial charge in [0.25, 0.3) is 0 Å². The summed E-state index contributed by atoms with van der Waals surface area (Å²) in [6.07, 6.45) is 6.43. The van der Waals surface area contributed by atoms with Crippen molar-refractivity contribution in [1.82, 2.24) is 20.3 Å². The Morgan fingerprint density at radius 3 is 2.75 bits per heavy atom. The van der Waals surface area contributed by atoms with Crippen molar-refractivity contribution in [2.45, 2.75) is 38.4 Å². The van der Waals surface area contributed by atoms with E-state index in [1.165, 1.54) is 22.3 Å². The number of pyridine rings is 1. The first-order valence-electron chi connectivity index (χ1n) is 11.3. The number of amides is 1. The number of nitrogens with one attached hydrogen (secondary N) is 1. The molecule has 3 aromatic rings. The summed E-state index contributed by atoms with van der Waals surface area (Å²) < 4.78 is 5.64. The van der Waals surface area contributed by atoms with Crippen LogP contribution >= 0.6 is 0 Å². The van der Waals surface area contributed by atoms with Crippen LogP contribution in [-0.2, 0) is 19.5 Å². The van der Waals surface area contributed by atoms with Crippen LogP contribution in [0.15, 0.2) is 73.1 Å². The molecule has 1 fully saturated rings. The molecule has 1 unspecified atom stereocenters. The lowest BCUT2D eigenvalue weighted by Gasteiger charge is -2.28. The predicted molar refractivity (Wildman–Crippen MR) is 123 cm³/mol. The van der Waals surface area contributed by atoms with Crippen molar-refractivity contribution >= 4 is 6.09 Å². The maximum Gasteiger partial charge on any atom is 0.427 e. The van der Waals surface area contributed by atoms with Crippen LogP contribution in [-0.4, -0.2) is 34.1 Å². The third kappa shape index (κ3) is 4.82. The Hall–Kier alpha value is -3.22. The van der Waals surface area contributed by atoms with Crippen molar-refractivity contribution in [3.63, 3.8) is 0 Å². The standard InChI is InChI=1S/C26H28N4O2/c31-26(28-30-16-12-21-5-1-2-6-23(21)19-30)32-24-8-3-7-22(17-24)25-9-4-15-29(25)18-20-10-13-27-14-11-20/h1-3,5-8,10-11,13-14,17,25H,4,9,12,15-16,18-19H2,(H,28,31). The number of likely N-dealkylation sites (tertiary alicyclic amines) is 1. The van der Waals surface area contributed by atoms with Gasteiger partial charge in [-0.1, -0.05) is 36.4 Å². The smallest absolute Gasteiger partial charge is 0.409 e. The highest BCUT2D eigenvalue weighted by atomic mass is 16.6. The minimum absolute atomic E-state index is 0.327. The van der Waals surface area contributed by atoms with E-state index in [0.717, 1.165) is 38.9 Å². The number of ether oxygens (including phenoxy) is 1. The van der Waals surface area contributed by atoms with E-state index in [9.17, 15) is 4.79 Å². The zero-order valence-corrected chi connectivity index (χ0v) is 18.1. The van der Waals surface area contributed by atoms with Gasteiger partial charge in [-0.05, 0) is 72.3 Å². The molecule has 1 amide bonds. The second kappa shape index (κ2) is 9.51. The summed E-state index contributed by atoms with van der Waals surface area (Å²) in [7, 11) is 0. The number of carbonyl (C=O) groups excluding carboxylic acids is 1. The molecule has 1 aromatic heterocycles. The van der Waals surface area contributed by atoms with Crippen molar-refractivity contribution in [3.8, 4) is 5.75 Å². The summed E-state index contributed by atoms with van der Waals surface area (Å²) in [4.78, 5) is 19.1. The zero-order valence-electron chi connectivity index (χ0n) is 18.1. The molecule has 0 saturated carbocycles. The fourth-order valence-corrected chi connectivity index (χ4v) is 4.75. The van der Waals surface area contributed by atoms with E-state index in [4.69, 9.17) is 4.74 Å². The minimum Gasteiger partial charge on any atom is -0.409 e. The predicted octanol–water partition coefficient (Wildman–Crippen LogP) is 4.48. The molecule has 6 heteroatoms. The van der Waals surface area contributed by atoms with Crippen LogP contribution in [0.4, 0.5) is 4.79 Å². The monoisotopic (exact) mass is 428 g/mol. The molecule has 32 heavy (non-hydrogen) atoms. The van der Waals surface area contributed by atoms with Crippen LogP contribution < -0.4 is 10.2 Å². The average Bonchev–Trinajstić information content (AvgIpc) is 3.28. The quantitative estimate of drug-likeness (QED) is 0.649. The van der Waals surface area contributed by atoms with Crippen LogP contribution in [0, 0.1) is 0 Å². The topological polar surface area (TPSA) is 57.7 Å². The van der Waals surface area contributed by atoms with Crippen molar-refractivity contribution < 1.29 is 9.53 Å². The summed E-state index contributed by atoms with van der Waals surface area (Å²) >= 11 is 0. The maximum absolute atomic E-state index is 12.5. The zero-order chi connectivity index (χ0) is 21.8. The lowest BCUT2D eigenvalue weighted by atomic mass is 10.0. The molecular formula is C26H28N4O2. The van der Waals surface area contributed by atoms with Gasteiger partial charge in [0.05, 0.1) is 0 Å². The highest BCUT2D eigenvalue weighted by Crippen LogP contribution is 2.34. The summed E-state index contributed by atoms with van der Waals surface area (Å²) in [5.41, 5.74) is 7.94. The molecule has 1 saturated heterocycles. The normalized spacial score (nSPS) is 18.8. The Morgan fingerprint density at radius 1 is 1.03 bits per heavy atom.